The maximum Gasteiger partial charge on any atom is 0.320 e. The quantitative estimate of drug-likeness (QED) is 0.864. The number of halogens is 1. The van der Waals surface area contributed by atoms with Crippen molar-refractivity contribution in [3.63, 3.8) is 0 Å². The van der Waals surface area contributed by atoms with Crippen LogP contribution in [0.1, 0.15) is 16.7 Å². The SMILES string of the molecule is COc1c(C)c(Cl)cc(CC(N)C(=O)O)c1C. The molecular formula is C12H16ClNO3. The molecule has 1 aromatic rings. The number of benzene rings is 1. The van der Waals surface area contributed by atoms with Gasteiger partial charge in [0.15, 0.2) is 0 Å². The number of ether oxygens (including phenoxy) is 1. The van der Waals surface area contributed by atoms with Crippen molar-refractivity contribution >= 4 is 17.6 Å². The molecule has 3 N–H and O–H groups in total. The average Bonchev–Trinajstić information content (AvgIpc) is 2.26. The Bertz CT molecular complexity index is 446. The highest BCUT2D eigenvalue weighted by Crippen LogP contribution is 2.32. The van der Waals surface area contributed by atoms with E-state index in [0.29, 0.717) is 10.8 Å². The van der Waals surface area contributed by atoms with Crippen LogP contribution in [0.15, 0.2) is 6.07 Å². The summed E-state index contributed by atoms with van der Waals surface area (Å²) in [6.07, 6.45) is 0.234. The minimum Gasteiger partial charge on any atom is -0.496 e. The Hall–Kier alpha value is -1.26. The smallest absolute Gasteiger partial charge is 0.320 e. The Morgan fingerprint density at radius 3 is 2.59 bits per heavy atom. The summed E-state index contributed by atoms with van der Waals surface area (Å²) < 4.78 is 5.27. The van der Waals surface area contributed by atoms with Crippen LogP contribution in [0.25, 0.3) is 0 Å². The van der Waals surface area contributed by atoms with Gasteiger partial charge in [-0.05, 0) is 37.5 Å². The molecule has 0 aliphatic rings. The van der Waals surface area contributed by atoms with Crippen molar-refractivity contribution in [1.82, 2.24) is 0 Å². The molecule has 1 unspecified atom stereocenters. The van der Waals surface area contributed by atoms with Crippen molar-refractivity contribution in [3.8, 4) is 5.75 Å². The van der Waals surface area contributed by atoms with E-state index in [1.54, 1.807) is 13.2 Å². The number of nitrogens with two attached hydrogens (primary N) is 1. The van der Waals surface area contributed by atoms with Crippen molar-refractivity contribution in [2.45, 2.75) is 26.3 Å². The Morgan fingerprint density at radius 2 is 2.12 bits per heavy atom. The number of rotatable bonds is 4. The molecule has 0 saturated heterocycles. The summed E-state index contributed by atoms with van der Waals surface area (Å²) in [5.74, 6) is -0.342. The highest BCUT2D eigenvalue weighted by molar-refractivity contribution is 6.31. The lowest BCUT2D eigenvalue weighted by Gasteiger charge is -2.16. The van der Waals surface area contributed by atoms with Crippen LogP contribution in [0.2, 0.25) is 5.02 Å². The van der Waals surface area contributed by atoms with Gasteiger partial charge < -0.3 is 15.6 Å². The molecule has 0 saturated carbocycles. The molecule has 0 bridgehead atoms. The van der Waals surface area contributed by atoms with E-state index in [-0.39, 0.29) is 6.42 Å². The number of carbonyl (C=O) groups is 1. The molecule has 0 aliphatic carbocycles. The van der Waals surface area contributed by atoms with Crippen LogP contribution >= 0.6 is 11.6 Å². The summed E-state index contributed by atoms with van der Waals surface area (Å²) in [4.78, 5) is 10.7. The lowest BCUT2D eigenvalue weighted by atomic mass is 9.98. The van der Waals surface area contributed by atoms with E-state index in [1.807, 2.05) is 13.8 Å². The van der Waals surface area contributed by atoms with Gasteiger partial charge in [-0.3, -0.25) is 4.79 Å². The van der Waals surface area contributed by atoms with E-state index >= 15 is 0 Å². The first-order valence-electron chi connectivity index (χ1n) is 5.19. The van der Waals surface area contributed by atoms with Gasteiger partial charge in [-0.15, -0.1) is 0 Å². The topological polar surface area (TPSA) is 72.5 Å². The minimum atomic E-state index is -1.03. The highest BCUT2D eigenvalue weighted by atomic mass is 35.5. The van der Waals surface area contributed by atoms with Gasteiger partial charge in [0.1, 0.15) is 11.8 Å². The Balaban J connectivity index is 3.17. The molecule has 94 valence electrons. The molecule has 17 heavy (non-hydrogen) atoms. The Morgan fingerprint density at radius 1 is 1.53 bits per heavy atom. The van der Waals surface area contributed by atoms with Crippen molar-refractivity contribution in [2.75, 3.05) is 7.11 Å². The molecule has 0 radical (unpaired) electrons. The van der Waals surface area contributed by atoms with Crippen LogP contribution in [0.4, 0.5) is 0 Å². The third-order valence-electron chi connectivity index (χ3n) is 2.78. The molecule has 0 spiro atoms. The van der Waals surface area contributed by atoms with Crippen LogP contribution in [0, 0.1) is 13.8 Å². The zero-order valence-electron chi connectivity index (χ0n) is 10.1. The van der Waals surface area contributed by atoms with Crippen LogP contribution in [-0.4, -0.2) is 24.2 Å². The van der Waals surface area contributed by atoms with Gasteiger partial charge in [-0.2, -0.15) is 0 Å². The van der Waals surface area contributed by atoms with E-state index in [9.17, 15) is 4.79 Å². The first-order valence-corrected chi connectivity index (χ1v) is 5.57. The predicted molar refractivity (Wildman–Crippen MR) is 66.8 cm³/mol. The van der Waals surface area contributed by atoms with E-state index in [4.69, 9.17) is 27.2 Å². The summed E-state index contributed by atoms with van der Waals surface area (Å²) in [6.45, 7) is 3.72. The summed E-state index contributed by atoms with van der Waals surface area (Å²) in [6, 6.07) is 0.814. The molecule has 1 rings (SSSR count). The number of hydrogen-bond donors (Lipinski definition) is 2. The van der Waals surface area contributed by atoms with E-state index in [1.165, 1.54) is 0 Å². The molecule has 0 amide bonds. The van der Waals surface area contributed by atoms with Crippen LogP contribution in [0.3, 0.4) is 0 Å². The zero-order valence-corrected chi connectivity index (χ0v) is 10.8. The molecule has 0 aromatic heterocycles. The number of carboxylic acid groups (broad SMARTS) is 1. The molecule has 5 heteroatoms. The van der Waals surface area contributed by atoms with Crippen molar-refractivity contribution in [2.24, 2.45) is 5.73 Å². The van der Waals surface area contributed by atoms with E-state index in [2.05, 4.69) is 0 Å². The first-order chi connectivity index (χ1) is 7.88. The fourth-order valence-corrected chi connectivity index (χ4v) is 1.96. The van der Waals surface area contributed by atoms with E-state index < -0.39 is 12.0 Å². The summed E-state index contributed by atoms with van der Waals surface area (Å²) in [7, 11) is 1.56. The Labute approximate surface area is 105 Å². The first kappa shape index (κ1) is 13.8. The third-order valence-corrected chi connectivity index (χ3v) is 3.18. The number of aliphatic carboxylic acids is 1. The fourth-order valence-electron chi connectivity index (χ4n) is 1.75. The largest absolute Gasteiger partial charge is 0.496 e. The van der Waals surface area contributed by atoms with Gasteiger partial charge in [0.05, 0.1) is 7.11 Å². The second kappa shape index (κ2) is 5.38. The second-order valence-electron chi connectivity index (χ2n) is 3.95. The maximum atomic E-state index is 10.7. The van der Waals surface area contributed by atoms with Crippen molar-refractivity contribution < 1.29 is 14.6 Å². The molecular weight excluding hydrogens is 242 g/mol. The number of carboxylic acids is 1. The third kappa shape index (κ3) is 2.90. The predicted octanol–water partition coefficient (Wildman–Crippen LogP) is 1.92. The lowest BCUT2D eigenvalue weighted by molar-refractivity contribution is -0.138. The van der Waals surface area contributed by atoms with Gasteiger partial charge in [0.2, 0.25) is 0 Å². The standard InChI is InChI=1S/C12H16ClNO3/c1-6-8(5-10(14)12(15)16)4-9(13)7(2)11(6)17-3/h4,10H,5,14H2,1-3H3,(H,15,16). The van der Waals surface area contributed by atoms with Gasteiger partial charge in [0.25, 0.3) is 0 Å². The number of methoxy groups -OCH3 is 1. The normalized spacial score (nSPS) is 12.3. The van der Waals surface area contributed by atoms with Gasteiger partial charge >= 0.3 is 5.97 Å². The van der Waals surface area contributed by atoms with Gasteiger partial charge in [0, 0.05) is 10.6 Å². The summed E-state index contributed by atoms with van der Waals surface area (Å²) in [5, 5.41) is 9.35. The van der Waals surface area contributed by atoms with Crippen molar-refractivity contribution in [3.05, 3.63) is 27.8 Å². The molecule has 0 aliphatic heterocycles. The van der Waals surface area contributed by atoms with Crippen molar-refractivity contribution in [1.29, 1.82) is 0 Å². The zero-order chi connectivity index (χ0) is 13.2. The van der Waals surface area contributed by atoms with Gasteiger partial charge in [-0.1, -0.05) is 11.6 Å². The molecule has 0 fully saturated rings. The summed E-state index contributed by atoms with van der Waals surface area (Å²) in [5.41, 5.74) is 8.04. The molecule has 4 nitrogen and oxygen atoms in total. The monoisotopic (exact) mass is 257 g/mol. The molecule has 0 heterocycles. The van der Waals surface area contributed by atoms with E-state index in [0.717, 1.165) is 16.7 Å². The Kier molecular flexibility index (Phi) is 4.37. The average molecular weight is 258 g/mol. The maximum absolute atomic E-state index is 10.7. The second-order valence-corrected chi connectivity index (χ2v) is 4.36. The lowest BCUT2D eigenvalue weighted by Crippen LogP contribution is -2.32. The highest BCUT2D eigenvalue weighted by Gasteiger charge is 2.17. The number of hydrogen-bond acceptors (Lipinski definition) is 3. The minimum absolute atomic E-state index is 0.234. The fraction of sp³-hybridized carbons (Fsp3) is 0.417. The van der Waals surface area contributed by atoms with Crippen LogP contribution < -0.4 is 10.5 Å². The molecule has 1 atom stereocenters. The van der Waals surface area contributed by atoms with Crippen LogP contribution in [-0.2, 0) is 11.2 Å². The summed E-state index contributed by atoms with van der Waals surface area (Å²) >= 11 is 6.06. The van der Waals surface area contributed by atoms with Crippen LogP contribution in [0.5, 0.6) is 5.75 Å². The van der Waals surface area contributed by atoms with Gasteiger partial charge in [-0.25, -0.2) is 0 Å². The molecule has 1 aromatic carbocycles.